The van der Waals surface area contributed by atoms with Gasteiger partial charge in [-0.1, -0.05) is 26.7 Å². The zero-order chi connectivity index (χ0) is 15.2. The Hall–Kier alpha value is -1.09. The first-order chi connectivity index (χ1) is 10.1. The van der Waals surface area contributed by atoms with Crippen LogP contribution in [0.1, 0.15) is 57.2 Å². The fourth-order valence-corrected chi connectivity index (χ4v) is 3.35. The van der Waals surface area contributed by atoms with E-state index in [1.54, 1.807) is 0 Å². The molecule has 1 saturated carbocycles. The number of rotatable bonds is 6. The zero-order valence-electron chi connectivity index (χ0n) is 14.2. The Morgan fingerprint density at radius 3 is 2.86 bits per heavy atom. The molecule has 1 aromatic rings. The molecule has 1 aliphatic rings. The highest BCUT2D eigenvalue weighted by Crippen LogP contribution is 2.29. The van der Waals surface area contributed by atoms with Crippen LogP contribution in [0.3, 0.4) is 0 Å². The summed E-state index contributed by atoms with van der Waals surface area (Å²) in [6, 6.07) is 5.11. The lowest BCUT2D eigenvalue weighted by atomic mass is 9.86. The summed E-state index contributed by atoms with van der Waals surface area (Å²) >= 11 is 0. The number of aromatic nitrogens is 1. The Bertz CT molecular complexity index is 444. The number of aryl methyl sites for hydroxylation is 1. The maximum atomic E-state index is 4.76. The van der Waals surface area contributed by atoms with E-state index in [0.29, 0.717) is 6.04 Å². The molecule has 2 atom stereocenters. The summed E-state index contributed by atoms with van der Waals surface area (Å²) < 4.78 is 0. The molecule has 1 N–H and O–H groups in total. The summed E-state index contributed by atoms with van der Waals surface area (Å²) in [6.45, 7) is 8.70. The zero-order valence-corrected chi connectivity index (χ0v) is 14.2. The minimum Gasteiger partial charge on any atom is -0.357 e. The van der Waals surface area contributed by atoms with Gasteiger partial charge in [-0.15, -0.1) is 0 Å². The van der Waals surface area contributed by atoms with Crippen LogP contribution in [0.5, 0.6) is 0 Å². The van der Waals surface area contributed by atoms with Gasteiger partial charge in [0.05, 0.1) is 0 Å². The summed E-state index contributed by atoms with van der Waals surface area (Å²) in [7, 11) is 2.22. The fourth-order valence-electron chi connectivity index (χ4n) is 3.35. The maximum Gasteiger partial charge on any atom is 0.129 e. The van der Waals surface area contributed by atoms with Crippen LogP contribution in [0.25, 0.3) is 0 Å². The van der Waals surface area contributed by atoms with Crippen LogP contribution >= 0.6 is 0 Å². The van der Waals surface area contributed by atoms with E-state index >= 15 is 0 Å². The van der Waals surface area contributed by atoms with Gasteiger partial charge in [-0.3, -0.25) is 0 Å². The highest BCUT2D eigenvalue weighted by atomic mass is 15.2. The Morgan fingerprint density at radius 2 is 2.14 bits per heavy atom. The van der Waals surface area contributed by atoms with E-state index in [9.17, 15) is 0 Å². The van der Waals surface area contributed by atoms with Gasteiger partial charge in [-0.25, -0.2) is 4.98 Å². The van der Waals surface area contributed by atoms with Crippen molar-refractivity contribution in [2.45, 2.75) is 65.5 Å². The molecule has 2 rings (SSSR count). The van der Waals surface area contributed by atoms with Crippen molar-refractivity contribution in [3.63, 3.8) is 0 Å². The molecule has 2 unspecified atom stereocenters. The standard InChI is InChI=1S/C18H31N3/c1-5-9-19-13-16-11-15(3)20-18(12-16)21(4)17-8-6-7-14(2)10-17/h11-12,14,17,19H,5-10,13H2,1-4H3. The van der Waals surface area contributed by atoms with Gasteiger partial charge in [-0.05, 0) is 56.3 Å². The van der Waals surface area contributed by atoms with Crippen LogP contribution in [-0.4, -0.2) is 24.6 Å². The van der Waals surface area contributed by atoms with Crippen molar-refractivity contribution in [3.8, 4) is 0 Å². The summed E-state index contributed by atoms with van der Waals surface area (Å²) in [6.07, 6.45) is 6.52. The molecule has 0 amide bonds. The summed E-state index contributed by atoms with van der Waals surface area (Å²) in [5.74, 6) is 1.99. The summed E-state index contributed by atoms with van der Waals surface area (Å²) in [5, 5.41) is 3.49. The Morgan fingerprint density at radius 1 is 1.33 bits per heavy atom. The van der Waals surface area contributed by atoms with Gasteiger partial charge in [0.25, 0.3) is 0 Å². The number of hydrogen-bond donors (Lipinski definition) is 1. The van der Waals surface area contributed by atoms with Crippen LogP contribution in [-0.2, 0) is 6.54 Å². The van der Waals surface area contributed by atoms with E-state index in [1.165, 1.54) is 37.7 Å². The monoisotopic (exact) mass is 289 g/mol. The van der Waals surface area contributed by atoms with Crippen molar-refractivity contribution in [3.05, 3.63) is 23.4 Å². The van der Waals surface area contributed by atoms with E-state index in [0.717, 1.165) is 30.5 Å². The van der Waals surface area contributed by atoms with E-state index in [4.69, 9.17) is 4.98 Å². The predicted molar refractivity (Wildman–Crippen MR) is 90.8 cm³/mol. The number of nitrogens with one attached hydrogen (secondary N) is 1. The number of hydrogen-bond acceptors (Lipinski definition) is 3. The molecule has 0 radical (unpaired) electrons. The van der Waals surface area contributed by atoms with Gasteiger partial charge in [0.2, 0.25) is 0 Å². The van der Waals surface area contributed by atoms with Crippen LogP contribution in [0.15, 0.2) is 12.1 Å². The number of nitrogens with zero attached hydrogens (tertiary/aromatic N) is 2. The van der Waals surface area contributed by atoms with Crippen molar-refractivity contribution in [2.24, 2.45) is 5.92 Å². The topological polar surface area (TPSA) is 28.2 Å². The SMILES string of the molecule is CCCNCc1cc(C)nc(N(C)C2CCCC(C)C2)c1. The highest BCUT2D eigenvalue weighted by Gasteiger charge is 2.23. The van der Waals surface area contributed by atoms with Gasteiger partial charge in [0, 0.05) is 25.3 Å². The minimum absolute atomic E-state index is 0.652. The second-order valence-electron chi connectivity index (χ2n) is 6.69. The minimum atomic E-state index is 0.652. The van der Waals surface area contributed by atoms with Crippen molar-refractivity contribution in [1.82, 2.24) is 10.3 Å². The summed E-state index contributed by atoms with van der Waals surface area (Å²) in [4.78, 5) is 7.17. The van der Waals surface area contributed by atoms with Crippen molar-refractivity contribution < 1.29 is 0 Å². The Kier molecular flexibility index (Phi) is 6.04. The first-order valence-corrected chi connectivity index (χ1v) is 8.51. The van der Waals surface area contributed by atoms with Gasteiger partial charge < -0.3 is 10.2 Å². The fraction of sp³-hybridized carbons (Fsp3) is 0.722. The molecule has 1 fully saturated rings. The van der Waals surface area contributed by atoms with Crippen molar-refractivity contribution in [1.29, 1.82) is 0 Å². The lowest BCUT2D eigenvalue weighted by Gasteiger charge is -2.35. The molecule has 0 spiro atoms. The smallest absolute Gasteiger partial charge is 0.129 e. The van der Waals surface area contributed by atoms with E-state index in [-0.39, 0.29) is 0 Å². The second kappa shape index (κ2) is 7.79. The summed E-state index contributed by atoms with van der Waals surface area (Å²) in [5.41, 5.74) is 2.47. The van der Waals surface area contributed by atoms with Gasteiger partial charge in [0.1, 0.15) is 5.82 Å². The lowest BCUT2D eigenvalue weighted by Crippen LogP contribution is -2.36. The van der Waals surface area contributed by atoms with Crippen molar-refractivity contribution >= 4 is 5.82 Å². The molecule has 1 aliphatic carbocycles. The molecule has 3 heteroatoms. The third-order valence-electron chi connectivity index (χ3n) is 4.57. The molecular weight excluding hydrogens is 258 g/mol. The predicted octanol–water partition coefficient (Wildman–Crippen LogP) is 3.90. The first kappa shape index (κ1) is 16.3. The normalized spacial score (nSPS) is 22.3. The average Bonchev–Trinajstić information content (AvgIpc) is 2.46. The van der Waals surface area contributed by atoms with E-state index < -0.39 is 0 Å². The van der Waals surface area contributed by atoms with Gasteiger partial charge in [-0.2, -0.15) is 0 Å². The molecular formula is C18H31N3. The number of anilines is 1. The van der Waals surface area contributed by atoms with Crippen LogP contribution in [0.4, 0.5) is 5.82 Å². The van der Waals surface area contributed by atoms with E-state index in [1.807, 2.05) is 0 Å². The molecule has 0 aromatic carbocycles. The van der Waals surface area contributed by atoms with E-state index in [2.05, 4.69) is 50.2 Å². The molecule has 3 nitrogen and oxygen atoms in total. The van der Waals surface area contributed by atoms with Gasteiger partial charge >= 0.3 is 0 Å². The van der Waals surface area contributed by atoms with Crippen LogP contribution in [0, 0.1) is 12.8 Å². The lowest BCUT2D eigenvalue weighted by molar-refractivity contribution is 0.335. The second-order valence-corrected chi connectivity index (χ2v) is 6.69. The van der Waals surface area contributed by atoms with Crippen LogP contribution in [0.2, 0.25) is 0 Å². The molecule has 0 aliphatic heterocycles. The molecule has 21 heavy (non-hydrogen) atoms. The molecule has 0 bridgehead atoms. The first-order valence-electron chi connectivity index (χ1n) is 8.51. The maximum absolute atomic E-state index is 4.76. The highest BCUT2D eigenvalue weighted by molar-refractivity contribution is 5.43. The molecule has 1 aromatic heterocycles. The Labute approximate surface area is 130 Å². The van der Waals surface area contributed by atoms with Gasteiger partial charge in [0.15, 0.2) is 0 Å². The average molecular weight is 289 g/mol. The Balaban J connectivity index is 2.07. The quantitative estimate of drug-likeness (QED) is 0.805. The number of pyridine rings is 1. The third kappa shape index (κ3) is 4.70. The van der Waals surface area contributed by atoms with Crippen molar-refractivity contribution in [2.75, 3.05) is 18.5 Å². The molecule has 0 saturated heterocycles. The molecule has 118 valence electrons. The van der Waals surface area contributed by atoms with Crippen LogP contribution < -0.4 is 10.2 Å². The molecule has 1 heterocycles. The third-order valence-corrected chi connectivity index (χ3v) is 4.57. The largest absolute Gasteiger partial charge is 0.357 e.